The second-order valence-corrected chi connectivity index (χ2v) is 7.62. The van der Waals surface area contributed by atoms with E-state index in [1.165, 1.54) is 12.3 Å². The van der Waals surface area contributed by atoms with Gasteiger partial charge in [-0.3, -0.25) is 0 Å². The first-order valence-electron chi connectivity index (χ1n) is 9.03. The zero-order valence-corrected chi connectivity index (χ0v) is 16.9. The third kappa shape index (κ3) is 3.71. The highest BCUT2D eigenvalue weighted by Crippen LogP contribution is 2.40. The largest absolute Gasteiger partial charge is 0.497 e. The first-order valence-corrected chi connectivity index (χ1v) is 9.41. The number of piperazine rings is 1. The van der Waals surface area contributed by atoms with Crippen LogP contribution in [0.3, 0.4) is 0 Å². The van der Waals surface area contributed by atoms with Crippen molar-refractivity contribution in [2.24, 2.45) is 5.73 Å². The maximum absolute atomic E-state index is 13.6. The van der Waals surface area contributed by atoms with E-state index >= 15 is 0 Å². The summed E-state index contributed by atoms with van der Waals surface area (Å²) >= 11 is 6.47. The molecule has 2 aromatic rings. The molecule has 1 saturated heterocycles. The van der Waals surface area contributed by atoms with E-state index in [0.29, 0.717) is 36.1 Å². The normalized spacial score (nSPS) is 20.8. The lowest BCUT2D eigenvalue weighted by atomic mass is 9.78. The molecule has 0 radical (unpaired) electrons. The predicted molar refractivity (Wildman–Crippen MR) is 108 cm³/mol. The number of rotatable bonds is 4. The molecule has 0 saturated carbocycles. The number of hydrogen-bond acceptors (Lipinski definition) is 4. The molecular weight excluding hydrogens is 383 g/mol. The number of hydrogen-bond donors (Lipinski definition) is 1. The highest BCUT2D eigenvalue weighted by atomic mass is 35.5. The number of aromatic nitrogens is 1. The van der Waals surface area contributed by atoms with Gasteiger partial charge in [-0.2, -0.15) is 4.39 Å². The monoisotopic (exact) mass is 406 g/mol. The molecule has 6 nitrogen and oxygen atoms in total. The molecule has 1 unspecified atom stereocenters. The first-order chi connectivity index (χ1) is 13.3. The minimum Gasteiger partial charge on any atom is -0.497 e. The standard InChI is InChI=1S/C20H24ClFN4O2/c1-13(16-11-15(28-3)4-5-17(16)21)20(2)12-25(8-9-26(20)19(23)27)14-6-7-24-18(22)10-14/h4-7,10-11,13H,8-9,12H2,1-3H3,(H2,23,27)/t13-,20?/m1/s1. The van der Waals surface area contributed by atoms with E-state index in [-0.39, 0.29) is 5.92 Å². The number of ether oxygens (including phenoxy) is 1. The summed E-state index contributed by atoms with van der Waals surface area (Å²) in [5.41, 5.74) is 6.61. The molecule has 1 fully saturated rings. The minimum atomic E-state index is -0.667. The number of halogens is 2. The number of nitrogens with zero attached hydrogens (tertiary/aromatic N) is 3. The zero-order chi connectivity index (χ0) is 20.5. The van der Waals surface area contributed by atoms with Crippen molar-refractivity contribution >= 4 is 23.3 Å². The summed E-state index contributed by atoms with van der Waals surface area (Å²) in [5.74, 6) is -0.0122. The van der Waals surface area contributed by atoms with Gasteiger partial charge in [0.25, 0.3) is 0 Å². The van der Waals surface area contributed by atoms with Crippen LogP contribution >= 0.6 is 11.6 Å². The highest BCUT2D eigenvalue weighted by Gasteiger charge is 2.45. The van der Waals surface area contributed by atoms with Crippen molar-refractivity contribution < 1.29 is 13.9 Å². The molecule has 2 atom stereocenters. The maximum Gasteiger partial charge on any atom is 0.315 e. The molecule has 0 aliphatic carbocycles. The molecule has 1 aliphatic heterocycles. The van der Waals surface area contributed by atoms with Gasteiger partial charge in [-0.25, -0.2) is 9.78 Å². The predicted octanol–water partition coefficient (Wildman–Crippen LogP) is 3.65. The summed E-state index contributed by atoms with van der Waals surface area (Å²) in [6.45, 7) is 5.41. The molecule has 1 aromatic heterocycles. The van der Waals surface area contributed by atoms with E-state index in [4.69, 9.17) is 22.1 Å². The van der Waals surface area contributed by atoms with Crippen LogP contribution in [0, 0.1) is 5.95 Å². The van der Waals surface area contributed by atoms with Gasteiger partial charge in [-0.05, 0) is 36.8 Å². The number of nitrogens with two attached hydrogens (primary N) is 1. The van der Waals surface area contributed by atoms with Crippen LogP contribution in [0.4, 0.5) is 14.9 Å². The van der Waals surface area contributed by atoms with Crippen LogP contribution in [0.15, 0.2) is 36.5 Å². The third-order valence-electron chi connectivity index (χ3n) is 5.66. The maximum atomic E-state index is 13.6. The number of anilines is 1. The Morgan fingerprint density at radius 1 is 1.36 bits per heavy atom. The average Bonchev–Trinajstić information content (AvgIpc) is 2.67. The fraction of sp³-hybridized carbons (Fsp3) is 0.400. The van der Waals surface area contributed by atoms with Gasteiger partial charge in [0.1, 0.15) is 5.75 Å². The van der Waals surface area contributed by atoms with Gasteiger partial charge >= 0.3 is 6.03 Å². The van der Waals surface area contributed by atoms with Gasteiger partial charge in [0.05, 0.1) is 12.6 Å². The van der Waals surface area contributed by atoms with Crippen molar-refractivity contribution in [3.63, 3.8) is 0 Å². The molecule has 150 valence electrons. The van der Waals surface area contributed by atoms with Gasteiger partial charge in [0.15, 0.2) is 0 Å². The molecular formula is C20H24ClFN4O2. The Kier molecular flexibility index (Phi) is 5.65. The Labute approximate surface area is 169 Å². The van der Waals surface area contributed by atoms with Crippen molar-refractivity contribution in [1.29, 1.82) is 0 Å². The van der Waals surface area contributed by atoms with Crippen LogP contribution in [0.2, 0.25) is 5.02 Å². The Morgan fingerprint density at radius 3 is 2.75 bits per heavy atom. The van der Waals surface area contributed by atoms with Crippen molar-refractivity contribution in [2.45, 2.75) is 25.3 Å². The summed E-state index contributed by atoms with van der Waals surface area (Å²) in [6, 6.07) is 8.11. The zero-order valence-electron chi connectivity index (χ0n) is 16.2. The second-order valence-electron chi connectivity index (χ2n) is 7.21. The van der Waals surface area contributed by atoms with Crippen LogP contribution in [0.5, 0.6) is 5.75 Å². The SMILES string of the molecule is COc1ccc(Cl)c([C@@H](C)C2(C)CN(c3ccnc(F)c3)CCN2C(N)=O)c1. The summed E-state index contributed by atoms with van der Waals surface area (Å²) < 4.78 is 19.0. The number of benzene rings is 1. The van der Waals surface area contributed by atoms with Gasteiger partial charge in [-0.1, -0.05) is 18.5 Å². The number of primary amides is 1. The van der Waals surface area contributed by atoms with E-state index in [1.54, 1.807) is 30.2 Å². The highest BCUT2D eigenvalue weighted by molar-refractivity contribution is 6.31. The van der Waals surface area contributed by atoms with Gasteiger partial charge in [0, 0.05) is 48.5 Å². The van der Waals surface area contributed by atoms with Crippen LogP contribution in [0.1, 0.15) is 25.3 Å². The molecule has 0 spiro atoms. The van der Waals surface area contributed by atoms with Gasteiger partial charge < -0.3 is 20.3 Å². The van der Waals surface area contributed by atoms with Gasteiger partial charge in [0.2, 0.25) is 5.95 Å². The van der Waals surface area contributed by atoms with Gasteiger partial charge in [-0.15, -0.1) is 0 Å². The fourth-order valence-electron chi connectivity index (χ4n) is 3.88. The van der Waals surface area contributed by atoms with E-state index in [9.17, 15) is 9.18 Å². The number of pyridine rings is 1. The molecule has 1 aromatic carbocycles. The third-order valence-corrected chi connectivity index (χ3v) is 6.01. The lowest BCUT2D eigenvalue weighted by Gasteiger charge is -2.52. The lowest BCUT2D eigenvalue weighted by Crippen LogP contribution is -2.65. The Morgan fingerprint density at radius 2 is 2.11 bits per heavy atom. The fourth-order valence-corrected chi connectivity index (χ4v) is 4.17. The molecule has 28 heavy (non-hydrogen) atoms. The van der Waals surface area contributed by atoms with Crippen LogP contribution < -0.4 is 15.4 Å². The van der Waals surface area contributed by atoms with E-state index in [0.717, 1.165) is 5.56 Å². The number of methoxy groups -OCH3 is 1. The van der Waals surface area contributed by atoms with Crippen LogP contribution in [-0.2, 0) is 0 Å². The smallest absolute Gasteiger partial charge is 0.315 e. The summed E-state index contributed by atoms with van der Waals surface area (Å²) in [5, 5.41) is 0.589. The van der Waals surface area contributed by atoms with Crippen molar-refractivity contribution in [1.82, 2.24) is 9.88 Å². The Hall–Kier alpha value is -2.54. The summed E-state index contributed by atoms with van der Waals surface area (Å²) in [7, 11) is 1.59. The molecule has 8 heteroatoms. The molecule has 0 bridgehead atoms. The lowest BCUT2D eigenvalue weighted by molar-refractivity contribution is 0.0998. The first kappa shape index (κ1) is 20.2. The second kappa shape index (κ2) is 7.83. The number of carbonyl (C=O) groups excluding carboxylic acids is 1. The Bertz CT molecular complexity index is 881. The Balaban J connectivity index is 2.00. The van der Waals surface area contributed by atoms with E-state index in [1.807, 2.05) is 24.8 Å². The number of carbonyl (C=O) groups is 1. The van der Waals surface area contributed by atoms with E-state index < -0.39 is 17.5 Å². The number of urea groups is 1. The minimum absolute atomic E-state index is 0.155. The van der Waals surface area contributed by atoms with Crippen LogP contribution in [-0.4, -0.2) is 48.2 Å². The number of amides is 2. The van der Waals surface area contributed by atoms with Crippen molar-refractivity contribution in [2.75, 3.05) is 31.6 Å². The summed E-state index contributed by atoms with van der Waals surface area (Å²) in [6.07, 6.45) is 1.44. The topological polar surface area (TPSA) is 71.7 Å². The molecule has 2 N–H and O–H groups in total. The van der Waals surface area contributed by atoms with Crippen LogP contribution in [0.25, 0.3) is 0 Å². The van der Waals surface area contributed by atoms with Crippen molar-refractivity contribution in [3.05, 3.63) is 53.1 Å². The molecule has 1 aliphatic rings. The molecule has 2 amide bonds. The van der Waals surface area contributed by atoms with E-state index in [2.05, 4.69) is 4.98 Å². The average molecular weight is 407 g/mol. The summed E-state index contributed by atoms with van der Waals surface area (Å²) in [4.78, 5) is 19.5. The molecule has 2 heterocycles. The quantitative estimate of drug-likeness (QED) is 0.787. The van der Waals surface area contributed by atoms with Crippen molar-refractivity contribution in [3.8, 4) is 5.75 Å². The molecule has 3 rings (SSSR count).